The van der Waals surface area contributed by atoms with E-state index in [1.54, 1.807) is 0 Å². The van der Waals surface area contributed by atoms with Gasteiger partial charge in [-0.1, -0.05) is 20.8 Å². The number of hydrogen-bond acceptors (Lipinski definition) is 2. The van der Waals surface area contributed by atoms with Crippen molar-refractivity contribution in [2.45, 2.75) is 46.5 Å². The molecular weight excluding hydrogens is 178 g/mol. The number of rotatable bonds is 7. The molecule has 0 aliphatic rings. The minimum atomic E-state index is 0.0484. The Morgan fingerprint density at radius 1 is 1.21 bits per heavy atom. The van der Waals surface area contributed by atoms with Crippen LogP contribution in [0.4, 0.5) is 0 Å². The number of Topliss-reactive ketones (excluding diaryl/α,β-unsaturated/α-hetero) is 1. The largest absolute Gasteiger partial charge is 0.356 e. The molecule has 0 aliphatic heterocycles. The van der Waals surface area contributed by atoms with Gasteiger partial charge in [0.1, 0.15) is 5.78 Å². The van der Waals surface area contributed by atoms with Crippen LogP contribution >= 0.6 is 0 Å². The molecule has 0 aromatic carbocycles. The monoisotopic (exact) mass is 199 g/mol. The maximum Gasteiger partial charge on any atom is 0.222 e. The lowest BCUT2D eigenvalue weighted by Gasteiger charge is -2.06. The highest BCUT2D eigenvalue weighted by Crippen LogP contribution is 1.98. The van der Waals surface area contributed by atoms with Gasteiger partial charge in [-0.25, -0.2) is 0 Å². The van der Waals surface area contributed by atoms with Gasteiger partial charge in [0, 0.05) is 25.3 Å². The topological polar surface area (TPSA) is 46.2 Å². The van der Waals surface area contributed by atoms with Gasteiger partial charge in [-0.05, 0) is 12.8 Å². The molecule has 0 saturated heterocycles. The average Bonchev–Trinajstić information content (AvgIpc) is 2.16. The summed E-state index contributed by atoms with van der Waals surface area (Å²) in [5, 5.41) is 2.82. The number of ketones is 1. The molecule has 1 N–H and O–H groups in total. The third-order valence-corrected chi connectivity index (χ3v) is 2.10. The van der Waals surface area contributed by atoms with Crippen molar-refractivity contribution >= 4 is 11.7 Å². The zero-order valence-corrected chi connectivity index (χ0v) is 9.43. The lowest BCUT2D eigenvalue weighted by Crippen LogP contribution is -2.28. The van der Waals surface area contributed by atoms with Gasteiger partial charge < -0.3 is 5.32 Å². The normalized spacial score (nSPS) is 10.3. The second-order valence-corrected chi connectivity index (χ2v) is 3.80. The molecule has 0 rings (SSSR count). The summed E-state index contributed by atoms with van der Waals surface area (Å²) in [6, 6.07) is 0. The summed E-state index contributed by atoms with van der Waals surface area (Å²) in [6.07, 6.45) is 3.04. The van der Waals surface area contributed by atoms with E-state index in [9.17, 15) is 9.59 Å². The fourth-order valence-electron chi connectivity index (χ4n) is 1.04. The summed E-state index contributed by atoms with van der Waals surface area (Å²) in [4.78, 5) is 22.0. The predicted molar refractivity (Wildman–Crippen MR) is 57.0 cm³/mol. The molecule has 1 amide bonds. The molecule has 14 heavy (non-hydrogen) atoms. The molecule has 0 atom stereocenters. The molecule has 0 spiro atoms. The van der Waals surface area contributed by atoms with Crippen molar-refractivity contribution in [2.75, 3.05) is 6.54 Å². The van der Waals surface area contributed by atoms with E-state index in [0.717, 1.165) is 12.8 Å². The Kier molecular flexibility index (Phi) is 7.07. The van der Waals surface area contributed by atoms with Crippen molar-refractivity contribution in [3.05, 3.63) is 0 Å². The zero-order valence-electron chi connectivity index (χ0n) is 9.43. The fourth-order valence-corrected chi connectivity index (χ4v) is 1.04. The van der Waals surface area contributed by atoms with E-state index >= 15 is 0 Å². The molecule has 3 heteroatoms. The van der Waals surface area contributed by atoms with Crippen LogP contribution in [0.5, 0.6) is 0 Å². The third kappa shape index (κ3) is 6.63. The van der Waals surface area contributed by atoms with E-state index in [1.165, 1.54) is 0 Å². The lowest BCUT2D eigenvalue weighted by molar-refractivity contribution is -0.123. The Labute approximate surface area is 86.3 Å². The Hall–Kier alpha value is -0.860. The molecule has 3 nitrogen and oxygen atoms in total. The average molecular weight is 199 g/mol. The number of carbonyl (C=O) groups excluding carboxylic acids is 2. The van der Waals surface area contributed by atoms with Gasteiger partial charge in [0.05, 0.1) is 0 Å². The quantitative estimate of drug-likeness (QED) is 0.637. The van der Waals surface area contributed by atoms with Crippen LogP contribution in [-0.2, 0) is 9.59 Å². The first-order valence-electron chi connectivity index (χ1n) is 5.37. The van der Waals surface area contributed by atoms with Gasteiger partial charge in [0.2, 0.25) is 5.91 Å². The number of unbranched alkanes of at least 4 members (excludes halogenated alkanes) is 1. The van der Waals surface area contributed by atoms with Crippen LogP contribution in [-0.4, -0.2) is 18.2 Å². The summed E-state index contributed by atoms with van der Waals surface area (Å²) in [6.45, 7) is 6.31. The summed E-state index contributed by atoms with van der Waals surface area (Å²) >= 11 is 0. The van der Waals surface area contributed by atoms with E-state index in [-0.39, 0.29) is 11.8 Å². The fraction of sp³-hybridized carbons (Fsp3) is 0.818. The first-order chi connectivity index (χ1) is 6.57. The van der Waals surface area contributed by atoms with Crippen molar-refractivity contribution in [3.63, 3.8) is 0 Å². The Balaban J connectivity index is 3.30. The van der Waals surface area contributed by atoms with E-state index in [2.05, 4.69) is 5.32 Å². The summed E-state index contributed by atoms with van der Waals surface area (Å²) < 4.78 is 0. The number of amides is 1. The molecule has 0 bridgehead atoms. The molecule has 0 radical (unpaired) electrons. The van der Waals surface area contributed by atoms with Crippen molar-refractivity contribution < 1.29 is 9.59 Å². The van der Waals surface area contributed by atoms with Crippen LogP contribution in [0.2, 0.25) is 0 Å². The minimum Gasteiger partial charge on any atom is -0.356 e. The molecule has 0 unspecified atom stereocenters. The molecule has 0 heterocycles. The highest BCUT2D eigenvalue weighted by molar-refractivity contribution is 5.78. The second-order valence-electron chi connectivity index (χ2n) is 3.80. The third-order valence-electron chi connectivity index (χ3n) is 2.10. The van der Waals surface area contributed by atoms with Gasteiger partial charge in [-0.15, -0.1) is 0 Å². The van der Waals surface area contributed by atoms with Crippen molar-refractivity contribution in [1.82, 2.24) is 5.32 Å². The van der Waals surface area contributed by atoms with Crippen LogP contribution in [0.15, 0.2) is 0 Å². The van der Waals surface area contributed by atoms with Crippen molar-refractivity contribution in [3.8, 4) is 0 Å². The van der Waals surface area contributed by atoms with Crippen LogP contribution in [0.3, 0.4) is 0 Å². The Morgan fingerprint density at radius 2 is 1.86 bits per heavy atom. The first-order valence-corrected chi connectivity index (χ1v) is 5.37. The second kappa shape index (κ2) is 7.54. The van der Waals surface area contributed by atoms with Gasteiger partial charge in [0.25, 0.3) is 0 Å². The molecular formula is C11H21NO2. The van der Waals surface area contributed by atoms with Crippen LogP contribution in [0.25, 0.3) is 0 Å². The molecule has 0 saturated carbocycles. The standard InChI is InChI=1S/C11H21NO2/c1-4-10(13)7-5-6-8-12-11(14)9(2)3/h9H,4-8H2,1-3H3,(H,12,14). The minimum absolute atomic E-state index is 0.0484. The van der Waals surface area contributed by atoms with Crippen molar-refractivity contribution in [1.29, 1.82) is 0 Å². The number of hydrogen-bond donors (Lipinski definition) is 1. The van der Waals surface area contributed by atoms with Crippen LogP contribution in [0, 0.1) is 5.92 Å². The maximum absolute atomic E-state index is 11.1. The van der Waals surface area contributed by atoms with Crippen LogP contribution in [0.1, 0.15) is 46.5 Å². The van der Waals surface area contributed by atoms with Gasteiger partial charge in [-0.2, -0.15) is 0 Å². The summed E-state index contributed by atoms with van der Waals surface area (Å²) in [5.41, 5.74) is 0. The van der Waals surface area contributed by atoms with E-state index in [0.29, 0.717) is 25.2 Å². The first kappa shape index (κ1) is 13.1. The van der Waals surface area contributed by atoms with Gasteiger partial charge in [-0.3, -0.25) is 9.59 Å². The maximum atomic E-state index is 11.1. The SMILES string of the molecule is CCC(=O)CCCCNC(=O)C(C)C. The molecule has 0 fully saturated rings. The molecule has 0 aliphatic carbocycles. The van der Waals surface area contributed by atoms with E-state index in [4.69, 9.17) is 0 Å². The van der Waals surface area contributed by atoms with Gasteiger partial charge >= 0.3 is 0 Å². The number of carbonyl (C=O) groups is 2. The molecule has 0 aromatic rings. The summed E-state index contributed by atoms with van der Waals surface area (Å²) in [5.74, 6) is 0.444. The Bertz CT molecular complexity index is 188. The van der Waals surface area contributed by atoms with Gasteiger partial charge in [0.15, 0.2) is 0 Å². The highest BCUT2D eigenvalue weighted by atomic mass is 16.1. The molecule has 82 valence electrons. The van der Waals surface area contributed by atoms with E-state index in [1.807, 2.05) is 20.8 Å². The summed E-state index contributed by atoms with van der Waals surface area (Å²) in [7, 11) is 0. The highest BCUT2D eigenvalue weighted by Gasteiger charge is 2.04. The molecule has 0 aromatic heterocycles. The Morgan fingerprint density at radius 3 is 2.36 bits per heavy atom. The predicted octanol–water partition coefficient (Wildman–Crippen LogP) is 1.91. The van der Waals surface area contributed by atoms with Crippen LogP contribution < -0.4 is 5.32 Å². The lowest BCUT2D eigenvalue weighted by atomic mass is 10.1. The van der Waals surface area contributed by atoms with Crippen molar-refractivity contribution in [2.24, 2.45) is 5.92 Å². The zero-order chi connectivity index (χ0) is 11.0. The smallest absolute Gasteiger partial charge is 0.222 e. The van der Waals surface area contributed by atoms with E-state index < -0.39 is 0 Å². The number of nitrogens with one attached hydrogen (secondary N) is 1.